The number of carbonyl (C=O) groups is 2. The number of primary amides is 1. The summed E-state index contributed by atoms with van der Waals surface area (Å²) >= 11 is 0. The molecule has 1 aromatic heterocycles. The van der Waals surface area contributed by atoms with Crippen LogP contribution in [0, 0.1) is 17.8 Å². The molecule has 0 fully saturated rings. The summed E-state index contributed by atoms with van der Waals surface area (Å²) in [6.07, 6.45) is 3.02. The van der Waals surface area contributed by atoms with Gasteiger partial charge in [0.1, 0.15) is 0 Å². The van der Waals surface area contributed by atoms with Gasteiger partial charge in [-0.2, -0.15) is 0 Å². The molecule has 6 heteroatoms. The average molecular weight is 288 g/mol. The highest BCUT2D eigenvalue weighted by Crippen LogP contribution is 2.11. The Morgan fingerprint density at radius 3 is 2.71 bits per heavy atom. The summed E-state index contributed by atoms with van der Waals surface area (Å²) in [7, 11) is 0. The van der Waals surface area contributed by atoms with E-state index in [1.807, 2.05) is 13.8 Å². The van der Waals surface area contributed by atoms with Crippen LogP contribution in [0.3, 0.4) is 0 Å². The van der Waals surface area contributed by atoms with Crippen molar-refractivity contribution < 1.29 is 9.59 Å². The fraction of sp³-hybridized carbons (Fsp3) is 0.400. The number of aromatic nitrogens is 1. The predicted molar refractivity (Wildman–Crippen MR) is 80.1 cm³/mol. The van der Waals surface area contributed by atoms with Gasteiger partial charge in [0.2, 0.25) is 5.91 Å². The first-order valence-corrected chi connectivity index (χ1v) is 6.66. The van der Waals surface area contributed by atoms with Crippen LogP contribution in [-0.4, -0.2) is 41.3 Å². The third-order valence-electron chi connectivity index (χ3n) is 2.60. The molecule has 1 heterocycles. The van der Waals surface area contributed by atoms with Crippen LogP contribution in [0.5, 0.6) is 0 Å². The van der Waals surface area contributed by atoms with Crippen molar-refractivity contribution in [3.8, 4) is 11.8 Å². The van der Waals surface area contributed by atoms with Crippen LogP contribution in [0.4, 0.5) is 0 Å². The Bertz CT molecular complexity index is 573. The second-order valence-electron chi connectivity index (χ2n) is 4.97. The van der Waals surface area contributed by atoms with Crippen LogP contribution in [0.2, 0.25) is 0 Å². The molecule has 21 heavy (non-hydrogen) atoms. The number of hydrogen-bond acceptors (Lipinski definition) is 4. The fourth-order valence-corrected chi connectivity index (χ4v) is 1.85. The summed E-state index contributed by atoms with van der Waals surface area (Å²) in [5.74, 6) is 4.89. The number of hydrogen-bond donors (Lipinski definition) is 2. The van der Waals surface area contributed by atoms with E-state index in [-0.39, 0.29) is 24.9 Å². The van der Waals surface area contributed by atoms with Gasteiger partial charge < -0.3 is 16.4 Å². The highest BCUT2D eigenvalue weighted by molar-refractivity contribution is 5.98. The van der Waals surface area contributed by atoms with Gasteiger partial charge in [-0.1, -0.05) is 25.7 Å². The zero-order chi connectivity index (χ0) is 15.8. The van der Waals surface area contributed by atoms with E-state index in [2.05, 4.69) is 16.8 Å². The Kier molecular flexibility index (Phi) is 6.37. The smallest absolute Gasteiger partial charge is 0.255 e. The van der Waals surface area contributed by atoms with Gasteiger partial charge in [0.15, 0.2) is 0 Å². The molecular weight excluding hydrogens is 268 g/mol. The average Bonchev–Trinajstić information content (AvgIpc) is 2.43. The summed E-state index contributed by atoms with van der Waals surface area (Å²) in [4.78, 5) is 29.1. The third-order valence-corrected chi connectivity index (χ3v) is 2.60. The number of nitrogens with two attached hydrogens (primary N) is 2. The molecule has 0 atom stereocenters. The van der Waals surface area contributed by atoms with Gasteiger partial charge in [-0.25, -0.2) is 0 Å². The predicted octanol–water partition coefficient (Wildman–Crippen LogP) is -0.0247. The molecule has 112 valence electrons. The fourth-order valence-electron chi connectivity index (χ4n) is 1.85. The molecule has 0 aliphatic rings. The zero-order valence-corrected chi connectivity index (χ0v) is 12.3. The first-order chi connectivity index (χ1) is 9.95. The van der Waals surface area contributed by atoms with Crippen molar-refractivity contribution in [3.05, 3.63) is 29.6 Å². The van der Waals surface area contributed by atoms with Gasteiger partial charge in [-0.15, -0.1) is 0 Å². The molecular formula is C15H20N4O2. The van der Waals surface area contributed by atoms with Crippen LogP contribution in [0.25, 0.3) is 0 Å². The lowest BCUT2D eigenvalue weighted by Crippen LogP contribution is -2.40. The molecule has 0 saturated carbocycles. The summed E-state index contributed by atoms with van der Waals surface area (Å²) in [6.45, 7) is 4.43. The van der Waals surface area contributed by atoms with Crippen molar-refractivity contribution in [2.45, 2.75) is 13.8 Å². The lowest BCUT2D eigenvalue weighted by molar-refractivity contribution is -0.118. The topological polar surface area (TPSA) is 102 Å². The van der Waals surface area contributed by atoms with E-state index < -0.39 is 5.91 Å². The summed E-state index contributed by atoms with van der Waals surface area (Å²) < 4.78 is 0. The number of rotatable bonds is 5. The minimum absolute atomic E-state index is 0.122. The Hall–Kier alpha value is -2.39. The molecule has 0 saturated heterocycles. The summed E-state index contributed by atoms with van der Waals surface area (Å²) in [6, 6.07) is 1.58. The minimum Gasteiger partial charge on any atom is -0.368 e. The Labute approximate surface area is 124 Å². The van der Waals surface area contributed by atoms with Crippen molar-refractivity contribution in [1.29, 1.82) is 0 Å². The molecule has 4 N–H and O–H groups in total. The van der Waals surface area contributed by atoms with E-state index in [1.165, 1.54) is 17.3 Å². The maximum Gasteiger partial charge on any atom is 0.255 e. The van der Waals surface area contributed by atoms with E-state index >= 15 is 0 Å². The van der Waals surface area contributed by atoms with Gasteiger partial charge in [0, 0.05) is 18.9 Å². The molecule has 1 rings (SSSR count). The number of carbonyl (C=O) groups excluding carboxylic acids is 2. The quantitative estimate of drug-likeness (QED) is 0.743. The third kappa shape index (κ3) is 5.24. The monoisotopic (exact) mass is 288 g/mol. The molecule has 0 aliphatic heterocycles. The number of amides is 2. The molecule has 0 unspecified atom stereocenters. The molecule has 0 aliphatic carbocycles. The highest BCUT2D eigenvalue weighted by Gasteiger charge is 2.20. The second kappa shape index (κ2) is 8.02. The van der Waals surface area contributed by atoms with Gasteiger partial charge in [0.05, 0.1) is 24.2 Å². The van der Waals surface area contributed by atoms with Crippen molar-refractivity contribution in [3.63, 3.8) is 0 Å². The Morgan fingerprint density at radius 1 is 1.43 bits per heavy atom. The first kappa shape index (κ1) is 16.7. The molecule has 6 nitrogen and oxygen atoms in total. The van der Waals surface area contributed by atoms with Gasteiger partial charge in [0.25, 0.3) is 5.91 Å². The molecule has 0 aromatic carbocycles. The zero-order valence-electron chi connectivity index (χ0n) is 12.3. The number of pyridine rings is 1. The van der Waals surface area contributed by atoms with E-state index in [9.17, 15) is 9.59 Å². The van der Waals surface area contributed by atoms with E-state index in [4.69, 9.17) is 11.5 Å². The summed E-state index contributed by atoms with van der Waals surface area (Å²) in [5.41, 5.74) is 11.4. The summed E-state index contributed by atoms with van der Waals surface area (Å²) in [5, 5.41) is 0. The van der Waals surface area contributed by atoms with E-state index in [1.54, 1.807) is 6.07 Å². The van der Waals surface area contributed by atoms with Crippen LogP contribution in [0.15, 0.2) is 18.5 Å². The van der Waals surface area contributed by atoms with Crippen molar-refractivity contribution in [2.24, 2.45) is 17.4 Å². The van der Waals surface area contributed by atoms with Crippen molar-refractivity contribution in [2.75, 3.05) is 19.6 Å². The standard InChI is InChI=1S/C15H20N4O2/c1-11(2)9-19(10-14(17)20)15(21)13-5-7-18-8-12(13)4-3-6-16/h5,7-8,11H,6,9-10,16H2,1-2H3,(H2,17,20). The Morgan fingerprint density at radius 2 is 2.14 bits per heavy atom. The maximum absolute atomic E-state index is 12.6. The second-order valence-corrected chi connectivity index (χ2v) is 4.97. The lowest BCUT2D eigenvalue weighted by atomic mass is 10.1. The van der Waals surface area contributed by atoms with Crippen LogP contribution in [-0.2, 0) is 4.79 Å². The van der Waals surface area contributed by atoms with Gasteiger partial charge in [-0.05, 0) is 12.0 Å². The van der Waals surface area contributed by atoms with Crippen LogP contribution >= 0.6 is 0 Å². The van der Waals surface area contributed by atoms with Gasteiger partial charge in [-0.3, -0.25) is 14.6 Å². The molecule has 0 radical (unpaired) electrons. The van der Waals surface area contributed by atoms with Crippen molar-refractivity contribution >= 4 is 11.8 Å². The maximum atomic E-state index is 12.6. The lowest BCUT2D eigenvalue weighted by Gasteiger charge is -2.23. The first-order valence-electron chi connectivity index (χ1n) is 6.66. The molecule has 2 amide bonds. The largest absolute Gasteiger partial charge is 0.368 e. The van der Waals surface area contributed by atoms with E-state index in [0.717, 1.165) is 0 Å². The van der Waals surface area contributed by atoms with Gasteiger partial charge >= 0.3 is 0 Å². The Balaban J connectivity index is 3.11. The highest BCUT2D eigenvalue weighted by atomic mass is 16.2. The SMILES string of the molecule is CC(C)CN(CC(N)=O)C(=O)c1ccncc1C#CCN. The molecule has 1 aromatic rings. The number of nitrogens with zero attached hydrogens (tertiary/aromatic N) is 2. The van der Waals surface area contributed by atoms with Crippen LogP contribution < -0.4 is 11.5 Å². The van der Waals surface area contributed by atoms with Crippen LogP contribution in [0.1, 0.15) is 29.8 Å². The molecule has 0 spiro atoms. The van der Waals surface area contributed by atoms with E-state index in [0.29, 0.717) is 17.7 Å². The normalized spacial score (nSPS) is 9.90. The minimum atomic E-state index is -0.548. The molecule has 0 bridgehead atoms. The van der Waals surface area contributed by atoms with Crippen molar-refractivity contribution in [1.82, 2.24) is 9.88 Å².